The molecule has 0 saturated heterocycles. The van der Waals surface area contributed by atoms with Crippen LogP contribution in [-0.4, -0.2) is 20.4 Å². The van der Waals surface area contributed by atoms with Crippen molar-refractivity contribution in [2.45, 2.75) is 0 Å². The van der Waals surface area contributed by atoms with Gasteiger partial charge in [0.05, 0.1) is 0 Å². The normalized spacial score (nSPS) is 9.78. The van der Waals surface area contributed by atoms with Gasteiger partial charge in [0.2, 0.25) is 11.5 Å². The average molecular weight is 148 g/mol. The lowest BCUT2D eigenvalue weighted by Crippen LogP contribution is -1.56. The van der Waals surface area contributed by atoms with Gasteiger partial charge in [-0.05, 0) is 8.19 Å². The van der Waals surface area contributed by atoms with Gasteiger partial charge in [-0.25, -0.2) is 0 Å². The molecule has 0 aliphatic rings. The molecular weight excluding hydrogens is 143 g/mol. The Morgan fingerprint density at radius 3 is 1.22 bits per heavy atom. The lowest BCUT2D eigenvalue weighted by Gasteiger charge is -1.86. The monoisotopic (exact) mass is 148 g/mol. The van der Waals surface area contributed by atoms with Crippen LogP contribution in [0.2, 0.25) is 0 Å². The second-order valence-corrected chi connectivity index (χ2v) is 2.72. The molecule has 0 spiro atoms. The van der Waals surface area contributed by atoms with Crippen molar-refractivity contribution in [1.29, 1.82) is 0 Å². The van der Waals surface area contributed by atoms with E-state index in [0.717, 1.165) is 0 Å². The Hall–Kier alpha value is -1.02. The molecule has 9 heavy (non-hydrogen) atoms. The molecule has 0 amide bonds. The highest BCUT2D eigenvalue weighted by atomic mass is 31.0. The number of aromatic hydroxyl groups is 4. The zero-order chi connectivity index (χ0) is 7.02. The molecule has 4 nitrogen and oxygen atoms in total. The first-order valence-electron chi connectivity index (χ1n) is 2.14. The van der Waals surface area contributed by atoms with Gasteiger partial charge in [0, 0.05) is 0 Å². The van der Waals surface area contributed by atoms with Crippen molar-refractivity contribution in [1.82, 2.24) is 0 Å². The minimum absolute atomic E-state index is 0.370. The third kappa shape index (κ3) is 0.771. The summed E-state index contributed by atoms with van der Waals surface area (Å²) in [6, 6.07) is 0. The van der Waals surface area contributed by atoms with Gasteiger partial charge in [-0.3, -0.25) is 0 Å². The number of hydrogen-bond acceptors (Lipinski definition) is 4. The molecule has 0 saturated carbocycles. The number of rotatable bonds is 0. The van der Waals surface area contributed by atoms with Crippen molar-refractivity contribution in [3.8, 4) is 22.5 Å². The van der Waals surface area contributed by atoms with Gasteiger partial charge in [0.15, 0.2) is 11.0 Å². The highest BCUT2D eigenvalue weighted by Gasteiger charge is 2.12. The van der Waals surface area contributed by atoms with Crippen LogP contribution >= 0.6 is 8.19 Å². The Morgan fingerprint density at radius 2 is 1.11 bits per heavy atom. The van der Waals surface area contributed by atoms with Crippen LogP contribution in [0.4, 0.5) is 0 Å². The SMILES string of the molecule is Oc1[pH]c(O)c(O)c1O. The van der Waals surface area contributed by atoms with E-state index in [1.165, 1.54) is 0 Å². The summed E-state index contributed by atoms with van der Waals surface area (Å²) >= 11 is 0. The summed E-state index contributed by atoms with van der Waals surface area (Å²) in [4.78, 5) is 0. The first-order valence-corrected chi connectivity index (χ1v) is 3.14. The van der Waals surface area contributed by atoms with Gasteiger partial charge in [0.1, 0.15) is 0 Å². The molecule has 1 aromatic rings. The first kappa shape index (κ1) is 6.11. The van der Waals surface area contributed by atoms with Crippen LogP contribution in [0.15, 0.2) is 0 Å². The largest absolute Gasteiger partial charge is 0.501 e. The number of hydrogen-bond donors (Lipinski definition) is 4. The van der Waals surface area contributed by atoms with Crippen molar-refractivity contribution in [3.05, 3.63) is 0 Å². The summed E-state index contributed by atoms with van der Waals surface area (Å²) in [5, 5.41) is 34.4. The van der Waals surface area contributed by atoms with Crippen molar-refractivity contribution >= 4 is 8.19 Å². The van der Waals surface area contributed by atoms with Gasteiger partial charge >= 0.3 is 0 Å². The van der Waals surface area contributed by atoms with E-state index in [2.05, 4.69) is 0 Å². The fourth-order valence-corrected chi connectivity index (χ4v) is 1.15. The van der Waals surface area contributed by atoms with E-state index in [1.807, 2.05) is 0 Å². The summed E-state index contributed by atoms with van der Waals surface area (Å²) in [5.41, 5.74) is -0.741. The second kappa shape index (κ2) is 1.74. The van der Waals surface area contributed by atoms with E-state index in [9.17, 15) is 0 Å². The average Bonchev–Trinajstić information content (AvgIpc) is 1.98. The van der Waals surface area contributed by atoms with E-state index in [4.69, 9.17) is 20.4 Å². The summed E-state index contributed by atoms with van der Waals surface area (Å²) in [6.45, 7) is 0. The van der Waals surface area contributed by atoms with Crippen molar-refractivity contribution in [2.24, 2.45) is 0 Å². The standard InChI is InChI=1S/C4H5O4P/c5-1-2(6)4(8)9-3(1)7/h5-9H. The van der Waals surface area contributed by atoms with E-state index in [-0.39, 0.29) is 11.0 Å². The molecule has 0 aliphatic carbocycles. The second-order valence-electron chi connectivity index (χ2n) is 1.52. The van der Waals surface area contributed by atoms with Gasteiger partial charge in [-0.2, -0.15) is 0 Å². The van der Waals surface area contributed by atoms with E-state index in [1.54, 1.807) is 0 Å². The Kier molecular flexibility index (Phi) is 1.18. The first-order chi connectivity index (χ1) is 4.13. The van der Waals surface area contributed by atoms with E-state index < -0.39 is 19.7 Å². The molecule has 1 heterocycles. The van der Waals surface area contributed by atoms with E-state index in [0.29, 0.717) is 0 Å². The molecular formula is C4H5O4P. The maximum absolute atomic E-state index is 8.62. The molecule has 0 unspecified atom stereocenters. The minimum atomic E-state index is -0.620. The molecule has 1 rings (SSSR count). The lowest BCUT2D eigenvalue weighted by molar-refractivity contribution is 0.363. The quantitative estimate of drug-likeness (QED) is 0.432. The van der Waals surface area contributed by atoms with Crippen molar-refractivity contribution in [3.63, 3.8) is 0 Å². The van der Waals surface area contributed by atoms with Crippen molar-refractivity contribution in [2.75, 3.05) is 0 Å². The molecule has 5 heteroatoms. The molecule has 0 fully saturated rings. The van der Waals surface area contributed by atoms with Gasteiger partial charge in [-0.15, -0.1) is 0 Å². The smallest absolute Gasteiger partial charge is 0.208 e. The lowest BCUT2D eigenvalue weighted by atomic mass is 10.5. The minimum Gasteiger partial charge on any atom is -0.501 e. The fraction of sp³-hybridized carbons (Fsp3) is 0. The third-order valence-corrected chi connectivity index (χ3v) is 1.86. The van der Waals surface area contributed by atoms with Crippen LogP contribution in [0.25, 0.3) is 0 Å². The van der Waals surface area contributed by atoms with Crippen LogP contribution in [0.3, 0.4) is 0 Å². The van der Waals surface area contributed by atoms with Crippen molar-refractivity contribution < 1.29 is 20.4 Å². The summed E-state index contributed by atoms with van der Waals surface area (Å²) in [7, 11) is -0.413. The maximum Gasteiger partial charge on any atom is 0.208 e. The molecule has 0 bridgehead atoms. The molecule has 0 radical (unpaired) electrons. The van der Waals surface area contributed by atoms with Crippen LogP contribution in [0.1, 0.15) is 0 Å². The highest BCUT2D eigenvalue weighted by molar-refractivity contribution is 7.35. The van der Waals surface area contributed by atoms with E-state index >= 15 is 0 Å². The fourth-order valence-electron chi connectivity index (χ4n) is 0.455. The van der Waals surface area contributed by atoms with Gasteiger partial charge < -0.3 is 20.4 Å². The van der Waals surface area contributed by atoms with Crippen LogP contribution in [-0.2, 0) is 0 Å². The third-order valence-electron chi connectivity index (χ3n) is 0.910. The summed E-state index contributed by atoms with van der Waals surface area (Å²) in [6.07, 6.45) is 0. The molecule has 0 aromatic carbocycles. The van der Waals surface area contributed by atoms with Gasteiger partial charge in [-0.1, -0.05) is 0 Å². The topological polar surface area (TPSA) is 80.9 Å². The zero-order valence-electron chi connectivity index (χ0n) is 4.29. The highest BCUT2D eigenvalue weighted by Crippen LogP contribution is 2.53. The predicted molar refractivity (Wildman–Crippen MR) is 32.6 cm³/mol. The molecule has 50 valence electrons. The van der Waals surface area contributed by atoms with Crippen LogP contribution in [0.5, 0.6) is 22.5 Å². The molecule has 0 atom stereocenters. The Bertz CT molecular complexity index is 206. The molecule has 0 aliphatic heterocycles. The van der Waals surface area contributed by atoms with Crippen LogP contribution in [0, 0.1) is 0 Å². The Morgan fingerprint density at radius 1 is 0.778 bits per heavy atom. The Labute approximate surface area is 52.1 Å². The van der Waals surface area contributed by atoms with Gasteiger partial charge in [0.25, 0.3) is 0 Å². The summed E-state index contributed by atoms with van der Waals surface area (Å²) < 4.78 is 0. The predicted octanol–water partition coefficient (Wildman–Crippen LogP) is 0.540. The molecule has 4 N–H and O–H groups in total. The maximum atomic E-state index is 8.62. The molecule has 1 aromatic heterocycles. The zero-order valence-corrected chi connectivity index (χ0v) is 5.29. The summed E-state index contributed by atoms with van der Waals surface area (Å²) in [5.74, 6) is -1.24. The Balaban J connectivity index is 3.29. The van der Waals surface area contributed by atoms with Crippen LogP contribution < -0.4 is 0 Å².